The average molecular weight is 219 g/mol. The van der Waals surface area contributed by atoms with Gasteiger partial charge in [-0.05, 0) is 24.2 Å². The van der Waals surface area contributed by atoms with Gasteiger partial charge in [0.2, 0.25) is 0 Å². The largest absolute Gasteiger partial charge is 0.384 e. The molecule has 0 radical (unpaired) electrons. The van der Waals surface area contributed by atoms with Crippen LogP contribution in [0.4, 0.5) is 11.8 Å². The molecule has 0 bridgehead atoms. The van der Waals surface area contributed by atoms with Crippen molar-refractivity contribution in [2.75, 3.05) is 24.2 Å². The van der Waals surface area contributed by atoms with Crippen molar-refractivity contribution in [2.24, 2.45) is 0 Å². The molecule has 0 amide bonds. The molecule has 0 aliphatic rings. The fourth-order valence-electron chi connectivity index (χ4n) is 1.16. The molecule has 0 fully saturated rings. The lowest BCUT2D eigenvalue weighted by Gasteiger charge is -2.08. The van der Waals surface area contributed by atoms with E-state index in [1.807, 2.05) is 18.9 Å². The molecule has 2 aromatic heterocycles. The molecule has 0 aromatic carbocycles. The molecule has 0 unspecified atom stereocenters. The second kappa shape index (κ2) is 4.18. The predicted molar refractivity (Wildman–Crippen MR) is 60.9 cm³/mol. The molecular formula is C10H13N5O. The number of pyridine rings is 1. The Morgan fingerprint density at radius 1 is 1.44 bits per heavy atom. The molecule has 0 saturated carbocycles. The van der Waals surface area contributed by atoms with Gasteiger partial charge in [0.25, 0.3) is 11.8 Å². The van der Waals surface area contributed by atoms with Crippen LogP contribution in [0.15, 0.2) is 22.9 Å². The van der Waals surface area contributed by atoms with Crippen molar-refractivity contribution < 1.29 is 4.52 Å². The van der Waals surface area contributed by atoms with Gasteiger partial charge in [-0.1, -0.05) is 0 Å². The van der Waals surface area contributed by atoms with Crippen LogP contribution in [0.1, 0.15) is 6.92 Å². The Hall–Kier alpha value is -2.11. The molecule has 6 nitrogen and oxygen atoms in total. The minimum absolute atomic E-state index is 0.447. The molecule has 84 valence electrons. The van der Waals surface area contributed by atoms with Crippen LogP contribution in [0, 0.1) is 0 Å². The van der Waals surface area contributed by atoms with E-state index in [0.717, 1.165) is 12.1 Å². The summed E-state index contributed by atoms with van der Waals surface area (Å²) in [6.07, 6.45) is 1.61. The molecule has 16 heavy (non-hydrogen) atoms. The monoisotopic (exact) mass is 219 g/mol. The molecule has 2 heterocycles. The van der Waals surface area contributed by atoms with Gasteiger partial charge in [-0.2, -0.15) is 4.98 Å². The summed E-state index contributed by atoms with van der Waals surface area (Å²) in [6, 6.07) is 3.49. The zero-order valence-corrected chi connectivity index (χ0v) is 9.21. The Morgan fingerprint density at radius 3 is 2.88 bits per heavy atom. The second-order valence-corrected chi connectivity index (χ2v) is 3.39. The molecule has 0 spiro atoms. The second-order valence-electron chi connectivity index (χ2n) is 3.39. The highest BCUT2D eigenvalue weighted by Gasteiger charge is 2.11. The number of nitrogens with zero attached hydrogens (tertiary/aromatic N) is 4. The van der Waals surface area contributed by atoms with E-state index in [0.29, 0.717) is 17.7 Å². The van der Waals surface area contributed by atoms with Crippen molar-refractivity contribution in [2.45, 2.75) is 6.92 Å². The fraction of sp³-hybridized carbons (Fsp3) is 0.300. The summed E-state index contributed by atoms with van der Waals surface area (Å²) < 4.78 is 5.13. The standard InChI is InChI=1S/C10H13N5O/c1-3-15(2)10-13-9(16-14-10)7-4-5-8(11)12-6-7/h4-6H,3H2,1-2H3,(H2,11,12). The zero-order valence-electron chi connectivity index (χ0n) is 9.21. The summed E-state index contributed by atoms with van der Waals surface area (Å²) in [5, 5.41) is 3.87. The van der Waals surface area contributed by atoms with Crippen LogP contribution >= 0.6 is 0 Å². The molecule has 0 aliphatic heterocycles. The van der Waals surface area contributed by atoms with Crippen LogP contribution in [0.5, 0.6) is 0 Å². The van der Waals surface area contributed by atoms with E-state index < -0.39 is 0 Å². The summed E-state index contributed by atoms with van der Waals surface area (Å²) >= 11 is 0. The van der Waals surface area contributed by atoms with Gasteiger partial charge in [-0.15, -0.1) is 0 Å². The minimum atomic E-state index is 0.447. The lowest BCUT2D eigenvalue weighted by Crippen LogP contribution is -2.16. The first kappa shape index (κ1) is 10.4. The van der Waals surface area contributed by atoms with Gasteiger partial charge in [0, 0.05) is 19.8 Å². The van der Waals surface area contributed by atoms with Crippen molar-refractivity contribution in [3.8, 4) is 11.5 Å². The van der Waals surface area contributed by atoms with Gasteiger partial charge in [0.1, 0.15) is 5.82 Å². The summed E-state index contributed by atoms with van der Waals surface area (Å²) in [4.78, 5) is 10.1. The van der Waals surface area contributed by atoms with Crippen molar-refractivity contribution in [1.82, 2.24) is 15.1 Å². The van der Waals surface area contributed by atoms with E-state index in [-0.39, 0.29) is 0 Å². The molecule has 0 saturated heterocycles. The molecule has 0 aliphatic carbocycles. The quantitative estimate of drug-likeness (QED) is 0.834. The zero-order chi connectivity index (χ0) is 11.5. The van der Waals surface area contributed by atoms with Crippen molar-refractivity contribution in [3.05, 3.63) is 18.3 Å². The van der Waals surface area contributed by atoms with Crippen LogP contribution in [0.25, 0.3) is 11.5 Å². The molecule has 2 aromatic rings. The van der Waals surface area contributed by atoms with Crippen molar-refractivity contribution in [3.63, 3.8) is 0 Å². The van der Waals surface area contributed by atoms with Crippen LogP contribution in [0.3, 0.4) is 0 Å². The Balaban J connectivity index is 2.28. The van der Waals surface area contributed by atoms with E-state index >= 15 is 0 Å². The van der Waals surface area contributed by atoms with Crippen LogP contribution in [-0.4, -0.2) is 28.7 Å². The lowest BCUT2D eigenvalue weighted by atomic mass is 10.3. The highest BCUT2D eigenvalue weighted by molar-refractivity contribution is 5.54. The van der Waals surface area contributed by atoms with Gasteiger partial charge in [0.05, 0.1) is 5.56 Å². The number of aromatic nitrogens is 3. The number of rotatable bonds is 3. The van der Waals surface area contributed by atoms with Crippen LogP contribution < -0.4 is 10.6 Å². The first-order valence-corrected chi connectivity index (χ1v) is 4.97. The molecule has 6 heteroatoms. The first-order valence-electron chi connectivity index (χ1n) is 4.97. The predicted octanol–water partition coefficient (Wildman–Crippen LogP) is 1.17. The van der Waals surface area contributed by atoms with Crippen molar-refractivity contribution >= 4 is 11.8 Å². The first-order chi connectivity index (χ1) is 7.70. The lowest BCUT2D eigenvalue weighted by molar-refractivity contribution is 0.430. The van der Waals surface area contributed by atoms with E-state index in [4.69, 9.17) is 10.3 Å². The Morgan fingerprint density at radius 2 is 2.25 bits per heavy atom. The highest BCUT2D eigenvalue weighted by atomic mass is 16.5. The van der Waals surface area contributed by atoms with Crippen LogP contribution in [0.2, 0.25) is 0 Å². The number of hydrogen-bond acceptors (Lipinski definition) is 6. The maximum atomic E-state index is 5.49. The highest BCUT2D eigenvalue weighted by Crippen LogP contribution is 2.19. The van der Waals surface area contributed by atoms with Gasteiger partial charge in [-0.25, -0.2) is 4.98 Å². The third-order valence-corrected chi connectivity index (χ3v) is 2.26. The van der Waals surface area contributed by atoms with Crippen molar-refractivity contribution in [1.29, 1.82) is 0 Å². The van der Waals surface area contributed by atoms with Gasteiger partial charge < -0.3 is 15.2 Å². The molecule has 2 N–H and O–H groups in total. The number of nitrogens with two attached hydrogens (primary N) is 1. The Labute approximate surface area is 93.1 Å². The van der Waals surface area contributed by atoms with Gasteiger partial charge >= 0.3 is 0 Å². The summed E-state index contributed by atoms with van der Waals surface area (Å²) in [5.74, 6) is 1.48. The smallest absolute Gasteiger partial charge is 0.266 e. The van der Waals surface area contributed by atoms with E-state index in [1.54, 1.807) is 18.3 Å². The van der Waals surface area contributed by atoms with Gasteiger partial charge in [-0.3, -0.25) is 0 Å². The molecular weight excluding hydrogens is 206 g/mol. The normalized spacial score (nSPS) is 10.4. The summed E-state index contributed by atoms with van der Waals surface area (Å²) in [7, 11) is 1.90. The average Bonchev–Trinajstić information content (AvgIpc) is 2.78. The minimum Gasteiger partial charge on any atom is -0.384 e. The number of nitrogen functional groups attached to an aromatic ring is 1. The van der Waals surface area contributed by atoms with E-state index in [1.165, 1.54) is 0 Å². The summed E-state index contributed by atoms with van der Waals surface area (Å²) in [5.41, 5.74) is 6.26. The number of hydrogen-bond donors (Lipinski definition) is 1. The molecule has 0 atom stereocenters. The maximum Gasteiger partial charge on any atom is 0.266 e. The van der Waals surface area contributed by atoms with Crippen LogP contribution in [-0.2, 0) is 0 Å². The SMILES string of the molecule is CCN(C)c1noc(-c2ccc(N)nc2)n1. The molecule has 2 rings (SSSR count). The maximum absolute atomic E-state index is 5.49. The third kappa shape index (κ3) is 1.95. The summed E-state index contributed by atoms with van der Waals surface area (Å²) in [6.45, 7) is 2.83. The van der Waals surface area contributed by atoms with Gasteiger partial charge in [0.15, 0.2) is 0 Å². The topological polar surface area (TPSA) is 81.1 Å². The Kier molecular flexibility index (Phi) is 2.72. The van der Waals surface area contributed by atoms with E-state index in [2.05, 4.69) is 15.1 Å². The number of anilines is 2. The third-order valence-electron chi connectivity index (χ3n) is 2.26. The van der Waals surface area contributed by atoms with E-state index in [9.17, 15) is 0 Å². The Bertz CT molecular complexity index is 464. The fourth-order valence-corrected chi connectivity index (χ4v) is 1.16.